The van der Waals surface area contributed by atoms with E-state index >= 15 is 0 Å². The third-order valence-electron chi connectivity index (χ3n) is 8.39. The lowest BCUT2D eigenvalue weighted by atomic mass is 9.48. The van der Waals surface area contributed by atoms with Crippen LogP contribution in [0.1, 0.15) is 57.4 Å². The first-order chi connectivity index (χ1) is 18.1. The normalized spacial score (nSPS) is 29.8. The molecule has 4 bridgehead atoms. The van der Waals surface area contributed by atoms with Gasteiger partial charge in [0.05, 0.1) is 12.7 Å². The van der Waals surface area contributed by atoms with Crippen molar-refractivity contribution in [3.8, 4) is 6.07 Å². The van der Waals surface area contributed by atoms with E-state index in [0.717, 1.165) is 19.3 Å². The average molecular weight is 531 g/mol. The van der Waals surface area contributed by atoms with E-state index in [2.05, 4.69) is 36.7 Å². The van der Waals surface area contributed by atoms with E-state index in [1.807, 2.05) is 0 Å². The molecule has 11 heteroatoms. The number of anilines is 2. The van der Waals surface area contributed by atoms with E-state index in [9.17, 15) is 23.2 Å². The van der Waals surface area contributed by atoms with Crippen molar-refractivity contribution < 1.29 is 22.7 Å². The van der Waals surface area contributed by atoms with Gasteiger partial charge in [0.2, 0.25) is 5.95 Å². The summed E-state index contributed by atoms with van der Waals surface area (Å²) in [5, 5.41) is 19.5. The Kier molecular flexibility index (Phi) is 7.36. The summed E-state index contributed by atoms with van der Waals surface area (Å²) < 4.78 is 42.5. The summed E-state index contributed by atoms with van der Waals surface area (Å²) >= 11 is 0. The molecular formula is C27H33F3N6O2. The molecule has 3 N–H and O–H groups in total. The van der Waals surface area contributed by atoms with Crippen molar-refractivity contribution in [2.45, 2.75) is 64.3 Å². The molecule has 4 saturated carbocycles. The molecule has 0 amide bonds. The quantitative estimate of drug-likeness (QED) is 0.400. The Balaban J connectivity index is 1.23. The molecule has 5 aliphatic carbocycles. The van der Waals surface area contributed by atoms with E-state index in [1.165, 1.54) is 25.1 Å². The van der Waals surface area contributed by atoms with Gasteiger partial charge in [-0.1, -0.05) is 6.08 Å². The number of hydrogen-bond acceptors (Lipinski definition) is 8. The number of aromatic nitrogens is 2. The largest absolute Gasteiger partial charge is 0.573 e. The van der Waals surface area contributed by atoms with Gasteiger partial charge in [-0.3, -0.25) is 4.79 Å². The Hall–Kier alpha value is -3.13. The summed E-state index contributed by atoms with van der Waals surface area (Å²) in [6.07, 6.45) is 6.60. The van der Waals surface area contributed by atoms with E-state index in [1.54, 1.807) is 13.0 Å². The van der Waals surface area contributed by atoms with Crippen molar-refractivity contribution in [2.75, 3.05) is 30.3 Å². The molecule has 1 heterocycles. The molecule has 0 saturated heterocycles. The highest BCUT2D eigenvalue weighted by Crippen LogP contribution is 2.60. The van der Waals surface area contributed by atoms with E-state index in [4.69, 9.17) is 0 Å². The van der Waals surface area contributed by atoms with Crippen LogP contribution in [0.4, 0.5) is 24.9 Å². The summed E-state index contributed by atoms with van der Waals surface area (Å²) in [6.45, 7) is 2.80. The monoisotopic (exact) mass is 530 g/mol. The first-order valence-corrected chi connectivity index (χ1v) is 13.3. The Labute approximate surface area is 220 Å². The van der Waals surface area contributed by atoms with Gasteiger partial charge in [-0.15, -0.1) is 13.2 Å². The second-order valence-corrected chi connectivity index (χ2v) is 11.3. The minimum absolute atomic E-state index is 0.0664. The fourth-order valence-electron chi connectivity index (χ4n) is 7.23. The Morgan fingerprint density at radius 1 is 1.18 bits per heavy atom. The molecule has 0 aromatic carbocycles. The second kappa shape index (κ2) is 10.6. The number of carbonyl (C=O) groups excluding carboxylic acids is 1. The van der Waals surface area contributed by atoms with Gasteiger partial charge >= 0.3 is 6.36 Å². The van der Waals surface area contributed by atoms with E-state index in [0.29, 0.717) is 66.7 Å². The second-order valence-electron chi connectivity index (χ2n) is 11.3. The zero-order chi connectivity index (χ0) is 26.9. The van der Waals surface area contributed by atoms with Crippen molar-refractivity contribution in [1.82, 2.24) is 15.3 Å². The molecule has 2 unspecified atom stereocenters. The lowest BCUT2D eigenvalue weighted by Crippen LogP contribution is -2.60. The Morgan fingerprint density at radius 2 is 1.92 bits per heavy atom. The maximum Gasteiger partial charge on any atom is 0.573 e. The molecule has 1 aromatic rings. The average Bonchev–Trinajstić information content (AvgIpc) is 2.85. The van der Waals surface area contributed by atoms with Gasteiger partial charge in [0.15, 0.2) is 0 Å². The van der Waals surface area contributed by atoms with E-state index < -0.39 is 6.36 Å². The number of ketones is 1. The molecule has 204 valence electrons. The van der Waals surface area contributed by atoms with Crippen molar-refractivity contribution >= 4 is 17.5 Å². The van der Waals surface area contributed by atoms with Crippen LogP contribution in [0.15, 0.2) is 29.7 Å². The van der Waals surface area contributed by atoms with Crippen LogP contribution < -0.4 is 16.0 Å². The molecule has 0 radical (unpaired) electrons. The molecule has 1 aromatic heterocycles. The van der Waals surface area contributed by atoms with Crippen LogP contribution in [-0.4, -0.2) is 47.8 Å². The Morgan fingerprint density at radius 3 is 2.61 bits per heavy atom. The zero-order valence-electron chi connectivity index (χ0n) is 21.4. The predicted octanol–water partition coefficient (Wildman–Crippen LogP) is 4.69. The maximum atomic E-state index is 12.8. The summed E-state index contributed by atoms with van der Waals surface area (Å²) in [5.74, 6) is 2.38. The number of allylic oxidation sites excluding steroid dienone is 2. The summed E-state index contributed by atoms with van der Waals surface area (Å²) in [5.41, 5.74) is 0.828. The van der Waals surface area contributed by atoms with Gasteiger partial charge in [-0.2, -0.15) is 10.2 Å². The number of nitrogens with one attached hydrogen (secondary N) is 3. The number of nitriles is 1. The van der Waals surface area contributed by atoms with Crippen molar-refractivity contribution in [3.63, 3.8) is 0 Å². The van der Waals surface area contributed by atoms with Gasteiger partial charge in [0.25, 0.3) is 0 Å². The number of rotatable bonds is 10. The van der Waals surface area contributed by atoms with Gasteiger partial charge in [-0.05, 0) is 81.1 Å². The van der Waals surface area contributed by atoms with Crippen molar-refractivity contribution in [3.05, 3.63) is 35.2 Å². The molecule has 4 fully saturated rings. The standard InChI is InChI=1S/C27H33F3N6O2/c1-16(37)12-32-23-19-6-17-7-20(23)10-26(8-17,9-19)15-35-24-21(11-31)14-34-25(36-24)33-13-18-4-2-3-5-22(18)38-27(28,29)30/h4-5,14,17,19-20,23,32H,2-3,6-10,12-13,15H2,1H3,(H2,33,34,35,36). The predicted molar refractivity (Wildman–Crippen MR) is 135 cm³/mol. The van der Waals surface area contributed by atoms with Crippen LogP contribution >= 0.6 is 0 Å². The summed E-state index contributed by atoms with van der Waals surface area (Å²) in [7, 11) is 0. The highest BCUT2D eigenvalue weighted by molar-refractivity contribution is 5.77. The van der Waals surface area contributed by atoms with Crippen LogP contribution in [0.2, 0.25) is 0 Å². The number of hydrogen-bond donors (Lipinski definition) is 3. The molecule has 6 rings (SSSR count). The van der Waals surface area contributed by atoms with Gasteiger partial charge in [0.1, 0.15) is 29.0 Å². The lowest BCUT2D eigenvalue weighted by Gasteiger charge is -2.60. The van der Waals surface area contributed by atoms with E-state index in [-0.39, 0.29) is 29.5 Å². The summed E-state index contributed by atoms with van der Waals surface area (Å²) in [6, 6.07) is 2.52. The molecule has 5 aliphatic rings. The van der Waals surface area contributed by atoms with Crippen LogP contribution in [0.25, 0.3) is 0 Å². The van der Waals surface area contributed by atoms with Crippen molar-refractivity contribution in [2.24, 2.45) is 23.2 Å². The number of Topliss-reactive ketones (excluding diaryl/α,β-unsaturated/α-hetero) is 1. The third kappa shape index (κ3) is 5.96. The minimum atomic E-state index is -4.76. The van der Waals surface area contributed by atoms with Gasteiger partial charge in [0, 0.05) is 24.7 Å². The fourth-order valence-corrected chi connectivity index (χ4v) is 7.23. The van der Waals surface area contributed by atoms with Gasteiger partial charge in [-0.25, -0.2) is 4.98 Å². The molecule has 38 heavy (non-hydrogen) atoms. The number of halogens is 3. The number of carbonyl (C=O) groups is 1. The SMILES string of the molecule is CC(=O)CNC1C2CC3CC1CC(CNc1nc(NCC4=CCCC=C4OC(F)(F)F)ncc1C#N)(C3)C2. The Bertz CT molecular complexity index is 1160. The van der Waals surface area contributed by atoms with Crippen LogP contribution in [0.5, 0.6) is 0 Å². The number of ether oxygens (including phenoxy) is 1. The maximum absolute atomic E-state index is 12.8. The van der Waals surface area contributed by atoms with Crippen LogP contribution in [0, 0.1) is 34.5 Å². The van der Waals surface area contributed by atoms with Crippen LogP contribution in [0.3, 0.4) is 0 Å². The summed E-state index contributed by atoms with van der Waals surface area (Å²) in [4.78, 5) is 20.2. The zero-order valence-corrected chi connectivity index (χ0v) is 21.4. The number of nitrogens with zero attached hydrogens (tertiary/aromatic N) is 3. The minimum Gasteiger partial charge on any atom is -0.406 e. The third-order valence-corrected chi connectivity index (χ3v) is 8.39. The molecule has 0 spiro atoms. The fraction of sp³-hybridized carbons (Fsp3) is 0.630. The van der Waals surface area contributed by atoms with Crippen molar-refractivity contribution in [1.29, 1.82) is 5.26 Å². The highest BCUT2D eigenvalue weighted by atomic mass is 19.4. The highest BCUT2D eigenvalue weighted by Gasteiger charge is 2.55. The molecule has 0 aliphatic heterocycles. The molecular weight excluding hydrogens is 497 g/mol. The first-order valence-electron chi connectivity index (χ1n) is 13.3. The van der Waals surface area contributed by atoms with Crippen LogP contribution in [-0.2, 0) is 9.53 Å². The molecule has 2 atom stereocenters. The smallest absolute Gasteiger partial charge is 0.406 e. The molecule has 8 nitrogen and oxygen atoms in total. The first kappa shape index (κ1) is 26.5. The number of alkyl halides is 3. The topological polar surface area (TPSA) is 112 Å². The lowest BCUT2D eigenvalue weighted by molar-refractivity contribution is -0.304. The van der Waals surface area contributed by atoms with Gasteiger partial charge < -0.3 is 20.7 Å².